The molecule has 0 aliphatic rings. The maximum atomic E-state index is 13.4. The number of imidazole rings is 1. The van der Waals surface area contributed by atoms with Crippen molar-refractivity contribution in [2.75, 3.05) is 0 Å². The number of rotatable bonds is 3. The van der Waals surface area contributed by atoms with Crippen molar-refractivity contribution < 1.29 is 9.18 Å². The fourth-order valence-electron chi connectivity index (χ4n) is 2.27. The van der Waals surface area contributed by atoms with Crippen LogP contribution in [0, 0.1) is 5.82 Å². The maximum Gasteiger partial charge on any atom is 0.170 e. The molecule has 0 radical (unpaired) electrons. The molecule has 0 amide bonds. The van der Waals surface area contributed by atoms with Gasteiger partial charge in [0.2, 0.25) is 0 Å². The zero-order valence-electron chi connectivity index (χ0n) is 11.3. The molecule has 0 N–H and O–H groups in total. The summed E-state index contributed by atoms with van der Waals surface area (Å²) >= 11 is 5.62. The quantitative estimate of drug-likeness (QED) is 0.690. The predicted octanol–water partition coefficient (Wildman–Crippen LogP) is 3.79. The first-order chi connectivity index (χ1) is 10.1. The topological polar surface area (TPSA) is 34.9 Å². The zero-order valence-corrected chi connectivity index (χ0v) is 12.1. The summed E-state index contributed by atoms with van der Waals surface area (Å²) in [7, 11) is 1.86. The lowest BCUT2D eigenvalue weighted by molar-refractivity contribution is 0.0989. The highest BCUT2D eigenvalue weighted by Crippen LogP contribution is 2.19. The number of nitrogens with zero attached hydrogens (tertiary/aromatic N) is 2. The molecule has 3 aromatic rings. The highest BCUT2D eigenvalue weighted by Gasteiger charge is 2.14. The van der Waals surface area contributed by atoms with Crippen LogP contribution >= 0.6 is 11.6 Å². The number of fused-ring (bicyclic) bond motifs is 1. The van der Waals surface area contributed by atoms with Gasteiger partial charge in [-0.1, -0.05) is 23.7 Å². The van der Waals surface area contributed by atoms with E-state index in [0.29, 0.717) is 11.4 Å². The molecule has 0 spiro atoms. The first-order valence-corrected chi connectivity index (χ1v) is 6.82. The van der Waals surface area contributed by atoms with Crippen molar-refractivity contribution in [3.63, 3.8) is 0 Å². The van der Waals surface area contributed by atoms with Gasteiger partial charge in [-0.05, 0) is 30.3 Å². The second-order valence-corrected chi connectivity index (χ2v) is 5.21. The molecule has 5 heteroatoms. The second kappa shape index (κ2) is 5.30. The first-order valence-electron chi connectivity index (χ1n) is 6.45. The average molecular weight is 303 g/mol. The molecule has 0 aliphatic heterocycles. The van der Waals surface area contributed by atoms with E-state index >= 15 is 0 Å². The minimum atomic E-state index is -0.590. The van der Waals surface area contributed by atoms with Crippen LogP contribution in [0.1, 0.15) is 16.2 Å². The maximum absolute atomic E-state index is 13.4. The summed E-state index contributed by atoms with van der Waals surface area (Å²) in [6, 6.07) is 11.7. The zero-order chi connectivity index (χ0) is 15.0. The number of aryl methyl sites for hydroxylation is 1. The van der Waals surface area contributed by atoms with Crippen molar-refractivity contribution in [3.8, 4) is 0 Å². The third kappa shape index (κ3) is 2.54. The number of carbonyl (C=O) groups excluding carboxylic acids is 1. The highest BCUT2D eigenvalue weighted by molar-refractivity contribution is 6.30. The van der Waals surface area contributed by atoms with Crippen LogP contribution < -0.4 is 0 Å². The predicted molar refractivity (Wildman–Crippen MR) is 80.2 cm³/mol. The van der Waals surface area contributed by atoms with Crippen LogP contribution in [0.2, 0.25) is 5.02 Å². The Labute approximate surface area is 126 Å². The summed E-state index contributed by atoms with van der Waals surface area (Å²) in [5, 5.41) is 0.00859. The van der Waals surface area contributed by atoms with Gasteiger partial charge in [-0.15, -0.1) is 0 Å². The molecule has 3 nitrogen and oxygen atoms in total. The van der Waals surface area contributed by atoms with Gasteiger partial charge in [0.05, 0.1) is 22.5 Å². The minimum Gasteiger partial charge on any atom is -0.331 e. The molecule has 106 valence electrons. The van der Waals surface area contributed by atoms with E-state index < -0.39 is 5.82 Å². The molecule has 0 aliphatic carbocycles. The monoisotopic (exact) mass is 302 g/mol. The largest absolute Gasteiger partial charge is 0.331 e. The smallest absolute Gasteiger partial charge is 0.170 e. The Kier molecular flexibility index (Phi) is 3.47. The fraction of sp³-hybridized carbons (Fsp3) is 0.125. The highest BCUT2D eigenvalue weighted by atomic mass is 35.5. The summed E-state index contributed by atoms with van der Waals surface area (Å²) < 4.78 is 15.3. The lowest BCUT2D eigenvalue weighted by Crippen LogP contribution is -2.08. The third-order valence-electron chi connectivity index (χ3n) is 3.44. The number of halogens is 2. The van der Waals surface area contributed by atoms with E-state index in [2.05, 4.69) is 4.98 Å². The third-order valence-corrected chi connectivity index (χ3v) is 3.75. The van der Waals surface area contributed by atoms with Gasteiger partial charge in [-0.25, -0.2) is 9.37 Å². The normalized spacial score (nSPS) is 11.0. The van der Waals surface area contributed by atoms with E-state index in [1.54, 1.807) is 0 Å². The Morgan fingerprint density at radius 3 is 2.76 bits per heavy atom. The van der Waals surface area contributed by atoms with Gasteiger partial charge in [-0.3, -0.25) is 4.79 Å². The molecule has 21 heavy (non-hydrogen) atoms. The molecular formula is C16H12ClFN2O. The van der Waals surface area contributed by atoms with Gasteiger partial charge in [0.25, 0.3) is 0 Å². The Morgan fingerprint density at radius 1 is 1.29 bits per heavy atom. The average Bonchev–Trinajstić information content (AvgIpc) is 2.79. The van der Waals surface area contributed by atoms with Gasteiger partial charge < -0.3 is 4.57 Å². The van der Waals surface area contributed by atoms with Crippen molar-refractivity contribution >= 4 is 28.4 Å². The number of ketones is 1. The number of Topliss-reactive ketones (excluding diaryl/α,β-unsaturated/α-hetero) is 1. The fourth-order valence-corrected chi connectivity index (χ4v) is 2.39. The number of hydrogen-bond acceptors (Lipinski definition) is 2. The standard InChI is InChI=1S/C16H12ClFN2O/c1-20-14-5-3-2-4-13(14)19-16(20)9-15(21)10-6-7-11(17)12(18)8-10/h2-8H,9H2,1H3. The Hall–Kier alpha value is -2.20. The van der Waals surface area contributed by atoms with Crippen LogP contribution in [-0.2, 0) is 13.5 Å². The van der Waals surface area contributed by atoms with E-state index in [1.165, 1.54) is 12.1 Å². The summed E-state index contributed by atoms with van der Waals surface area (Å²) in [6.45, 7) is 0. The summed E-state index contributed by atoms with van der Waals surface area (Å²) in [5.41, 5.74) is 2.09. The molecule has 0 saturated heterocycles. The molecule has 3 rings (SSSR count). The van der Waals surface area contributed by atoms with Crippen LogP contribution in [0.5, 0.6) is 0 Å². The van der Waals surface area contributed by atoms with Gasteiger partial charge in [0.1, 0.15) is 11.6 Å². The lowest BCUT2D eigenvalue weighted by Gasteiger charge is -2.03. The van der Waals surface area contributed by atoms with Crippen molar-refractivity contribution in [2.24, 2.45) is 7.05 Å². The lowest BCUT2D eigenvalue weighted by atomic mass is 10.1. The Bertz CT molecular complexity index is 841. The second-order valence-electron chi connectivity index (χ2n) is 4.80. The molecule has 0 atom stereocenters. The van der Waals surface area contributed by atoms with Crippen LogP contribution in [0.25, 0.3) is 11.0 Å². The van der Waals surface area contributed by atoms with Gasteiger partial charge in [0, 0.05) is 12.6 Å². The Balaban J connectivity index is 1.92. The van der Waals surface area contributed by atoms with E-state index in [9.17, 15) is 9.18 Å². The van der Waals surface area contributed by atoms with E-state index in [1.807, 2.05) is 35.9 Å². The van der Waals surface area contributed by atoms with Crippen LogP contribution in [-0.4, -0.2) is 15.3 Å². The van der Waals surface area contributed by atoms with E-state index in [-0.39, 0.29) is 17.2 Å². The molecule has 0 saturated carbocycles. The SMILES string of the molecule is Cn1c(CC(=O)c2ccc(Cl)c(F)c2)nc2ccccc21. The number of benzene rings is 2. The molecular weight excluding hydrogens is 291 g/mol. The molecule has 1 heterocycles. The van der Waals surface area contributed by atoms with Crippen molar-refractivity contribution in [1.29, 1.82) is 0 Å². The van der Waals surface area contributed by atoms with E-state index in [0.717, 1.165) is 17.1 Å². The summed E-state index contributed by atoms with van der Waals surface area (Å²) in [5.74, 6) is -0.131. The van der Waals surface area contributed by atoms with Crippen molar-refractivity contribution in [3.05, 3.63) is 64.7 Å². The number of para-hydroxylation sites is 2. The first kappa shape index (κ1) is 13.8. The van der Waals surface area contributed by atoms with Crippen LogP contribution in [0.4, 0.5) is 4.39 Å². The van der Waals surface area contributed by atoms with Gasteiger partial charge >= 0.3 is 0 Å². The molecule has 1 aromatic heterocycles. The van der Waals surface area contributed by atoms with Gasteiger partial charge in [-0.2, -0.15) is 0 Å². The number of hydrogen-bond donors (Lipinski definition) is 0. The van der Waals surface area contributed by atoms with Crippen LogP contribution in [0.3, 0.4) is 0 Å². The van der Waals surface area contributed by atoms with Crippen molar-refractivity contribution in [2.45, 2.75) is 6.42 Å². The number of carbonyl (C=O) groups is 1. The molecule has 2 aromatic carbocycles. The van der Waals surface area contributed by atoms with Crippen molar-refractivity contribution in [1.82, 2.24) is 9.55 Å². The summed E-state index contributed by atoms with van der Waals surface area (Å²) in [6.07, 6.45) is 0.117. The summed E-state index contributed by atoms with van der Waals surface area (Å²) in [4.78, 5) is 16.7. The van der Waals surface area contributed by atoms with Gasteiger partial charge in [0.15, 0.2) is 5.78 Å². The molecule has 0 fully saturated rings. The minimum absolute atomic E-state index is 0.00859. The van der Waals surface area contributed by atoms with Crippen LogP contribution in [0.15, 0.2) is 42.5 Å². The molecule has 0 bridgehead atoms. The van der Waals surface area contributed by atoms with E-state index in [4.69, 9.17) is 11.6 Å². The number of aromatic nitrogens is 2. The Morgan fingerprint density at radius 2 is 2.05 bits per heavy atom. The molecule has 0 unspecified atom stereocenters.